The molecule has 23 heavy (non-hydrogen) atoms. The molecule has 1 rings (SSSR count). The lowest BCUT2D eigenvalue weighted by atomic mass is 9.98. The highest BCUT2D eigenvalue weighted by Crippen LogP contribution is 2.16. The molecule has 0 aromatic carbocycles. The summed E-state index contributed by atoms with van der Waals surface area (Å²) in [6, 6.07) is 0.485. The third kappa shape index (κ3) is 10.4. The van der Waals surface area contributed by atoms with E-state index in [4.69, 9.17) is 4.99 Å². The Kier molecular flexibility index (Phi) is 13.3. The molecule has 0 bridgehead atoms. The van der Waals surface area contributed by atoms with Gasteiger partial charge in [0, 0.05) is 25.7 Å². The Hall–Kier alpha value is -0.0400. The molecule has 2 atom stereocenters. The van der Waals surface area contributed by atoms with Crippen LogP contribution in [0.25, 0.3) is 0 Å². The summed E-state index contributed by atoms with van der Waals surface area (Å²) in [5.74, 6) is 2.48. The van der Waals surface area contributed by atoms with Gasteiger partial charge in [-0.1, -0.05) is 20.8 Å². The van der Waals surface area contributed by atoms with Crippen LogP contribution >= 0.6 is 24.0 Å². The molecule has 0 spiro atoms. The van der Waals surface area contributed by atoms with Crippen LogP contribution in [0, 0.1) is 11.8 Å². The number of likely N-dealkylation sites (tertiary alicyclic amines) is 1. The van der Waals surface area contributed by atoms with E-state index in [9.17, 15) is 0 Å². The maximum Gasteiger partial charge on any atom is 0.191 e. The van der Waals surface area contributed by atoms with Crippen molar-refractivity contribution in [3.05, 3.63) is 0 Å². The number of rotatable bonds is 8. The van der Waals surface area contributed by atoms with Gasteiger partial charge >= 0.3 is 0 Å². The highest BCUT2D eigenvalue weighted by molar-refractivity contribution is 14.0. The third-order valence-electron chi connectivity index (χ3n) is 4.46. The van der Waals surface area contributed by atoms with Crippen LogP contribution in [0.15, 0.2) is 4.99 Å². The first-order valence-corrected chi connectivity index (χ1v) is 9.32. The molecular weight excluding hydrogens is 399 g/mol. The summed E-state index contributed by atoms with van der Waals surface area (Å²) in [6.45, 7) is 16.7. The van der Waals surface area contributed by atoms with Gasteiger partial charge in [0.05, 0.1) is 0 Å². The molecule has 1 saturated heterocycles. The van der Waals surface area contributed by atoms with Crippen LogP contribution < -0.4 is 10.6 Å². The fraction of sp³-hybridized carbons (Fsp3) is 0.944. The molecule has 1 fully saturated rings. The van der Waals surface area contributed by atoms with E-state index >= 15 is 0 Å². The van der Waals surface area contributed by atoms with Gasteiger partial charge < -0.3 is 15.5 Å². The Morgan fingerprint density at radius 1 is 1.22 bits per heavy atom. The molecule has 5 heteroatoms. The average molecular weight is 438 g/mol. The summed E-state index contributed by atoms with van der Waals surface area (Å²) in [6.07, 6.45) is 5.11. The van der Waals surface area contributed by atoms with Crippen LogP contribution in [-0.2, 0) is 0 Å². The molecule has 1 aliphatic rings. The quantitative estimate of drug-likeness (QED) is 0.345. The van der Waals surface area contributed by atoms with Crippen molar-refractivity contribution in [3.63, 3.8) is 0 Å². The van der Waals surface area contributed by atoms with Crippen molar-refractivity contribution in [3.8, 4) is 0 Å². The van der Waals surface area contributed by atoms with Crippen molar-refractivity contribution in [2.24, 2.45) is 16.8 Å². The number of aliphatic imine (C=N–C) groups is 1. The topological polar surface area (TPSA) is 39.7 Å². The second-order valence-corrected chi connectivity index (χ2v) is 7.14. The van der Waals surface area contributed by atoms with Crippen molar-refractivity contribution in [2.75, 3.05) is 32.7 Å². The zero-order valence-electron chi connectivity index (χ0n) is 15.9. The zero-order valence-corrected chi connectivity index (χ0v) is 18.2. The Morgan fingerprint density at radius 2 is 1.96 bits per heavy atom. The van der Waals surface area contributed by atoms with Crippen molar-refractivity contribution in [1.82, 2.24) is 15.5 Å². The van der Waals surface area contributed by atoms with Gasteiger partial charge in [0.2, 0.25) is 0 Å². The summed E-state index contributed by atoms with van der Waals surface area (Å²) >= 11 is 0. The summed E-state index contributed by atoms with van der Waals surface area (Å²) in [5, 5.41) is 6.95. The Labute approximate surface area is 161 Å². The molecule has 138 valence electrons. The number of hydrogen-bond donors (Lipinski definition) is 2. The summed E-state index contributed by atoms with van der Waals surface area (Å²) < 4.78 is 0. The van der Waals surface area contributed by atoms with Crippen LogP contribution in [0.3, 0.4) is 0 Å². The zero-order chi connectivity index (χ0) is 16.4. The minimum absolute atomic E-state index is 0. The van der Waals surface area contributed by atoms with Crippen LogP contribution in [0.1, 0.15) is 60.3 Å². The fourth-order valence-corrected chi connectivity index (χ4v) is 3.02. The standard InChI is InChI=1S/C18H38N4.HI/c1-6-19-18(21-16(5)11-10-15(3)4)20-13-17-9-8-12-22(7-2)14-17;/h15-17H,6-14H2,1-5H3,(H2,19,20,21);1H. The second kappa shape index (κ2) is 13.3. The lowest BCUT2D eigenvalue weighted by molar-refractivity contribution is 0.186. The Balaban J connectivity index is 0.00000484. The van der Waals surface area contributed by atoms with Crippen LogP contribution in [0.4, 0.5) is 0 Å². The maximum absolute atomic E-state index is 4.84. The van der Waals surface area contributed by atoms with Gasteiger partial charge in [-0.3, -0.25) is 4.99 Å². The highest BCUT2D eigenvalue weighted by Gasteiger charge is 2.18. The van der Waals surface area contributed by atoms with Crippen LogP contribution in [-0.4, -0.2) is 49.6 Å². The van der Waals surface area contributed by atoms with E-state index in [0.29, 0.717) is 6.04 Å². The normalized spacial score (nSPS) is 21.0. The van der Waals surface area contributed by atoms with E-state index < -0.39 is 0 Å². The van der Waals surface area contributed by atoms with Gasteiger partial charge in [0.15, 0.2) is 5.96 Å². The molecule has 4 nitrogen and oxygen atoms in total. The van der Waals surface area contributed by atoms with Crippen molar-refractivity contribution in [2.45, 2.75) is 66.3 Å². The van der Waals surface area contributed by atoms with E-state index in [2.05, 4.69) is 50.2 Å². The molecule has 0 aromatic heterocycles. The van der Waals surface area contributed by atoms with E-state index in [-0.39, 0.29) is 24.0 Å². The van der Waals surface area contributed by atoms with Gasteiger partial charge in [0.1, 0.15) is 0 Å². The smallest absolute Gasteiger partial charge is 0.191 e. The summed E-state index contributed by atoms with van der Waals surface area (Å²) in [4.78, 5) is 7.39. The van der Waals surface area contributed by atoms with E-state index in [1.807, 2.05) is 0 Å². The Morgan fingerprint density at radius 3 is 2.57 bits per heavy atom. The first-order valence-electron chi connectivity index (χ1n) is 9.32. The van der Waals surface area contributed by atoms with Crippen LogP contribution in [0.2, 0.25) is 0 Å². The summed E-state index contributed by atoms with van der Waals surface area (Å²) in [5.41, 5.74) is 0. The van der Waals surface area contributed by atoms with Gasteiger partial charge in [-0.25, -0.2) is 0 Å². The number of nitrogens with zero attached hydrogens (tertiary/aromatic N) is 2. The molecule has 0 radical (unpaired) electrons. The van der Waals surface area contributed by atoms with E-state index in [1.165, 1.54) is 45.3 Å². The number of hydrogen-bond acceptors (Lipinski definition) is 2. The van der Waals surface area contributed by atoms with Crippen LogP contribution in [0.5, 0.6) is 0 Å². The van der Waals surface area contributed by atoms with E-state index in [1.54, 1.807) is 0 Å². The molecule has 1 heterocycles. The van der Waals surface area contributed by atoms with Gasteiger partial charge in [-0.2, -0.15) is 0 Å². The largest absolute Gasteiger partial charge is 0.357 e. The predicted molar refractivity (Wildman–Crippen MR) is 113 cm³/mol. The third-order valence-corrected chi connectivity index (χ3v) is 4.46. The monoisotopic (exact) mass is 438 g/mol. The predicted octanol–water partition coefficient (Wildman–Crippen LogP) is 3.72. The average Bonchev–Trinajstić information content (AvgIpc) is 2.51. The van der Waals surface area contributed by atoms with E-state index in [0.717, 1.165) is 30.9 Å². The molecular formula is C18H39IN4. The molecule has 1 aliphatic heterocycles. The Bertz CT molecular complexity index is 320. The minimum Gasteiger partial charge on any atom is -0.357 e. The highest BCUT2D eigenvalue weighted by atomic mass is 127. The lowest BCUT2D eigenvalue weighted by Crippen LogP contribution is -2.43. The van der Waals surface area contributed by atoms with Gasteiger partial charge in [-0.15, -0.1) is 24.0 Å². The molecule has 2 unspecified atom stereocenters. The first-order chi connectivity index (χ1) is 10.5. The number of nitrogens with one attached hydrogen (secondary N) is 2. The van der Waals surface area contributed by atoms with Crippen molar-refractivity contribution in [1.29, 1.82) is 0 Å². The minimum atomic E-state index is 0. The lowest BCUT2D eigenvalue weighted by Gasteiger charge is -2.31. The fourth-order valence-electron chi connectivity index (χ4n) is 3.02. The molecule has 0 saturated carbocycles. The summed E-state index contributed by atoms with van der Waals surface area (Å²) in [7, 11) is 0. The molecule has 0 amide bonds. The number of guanidine groups is 1. The molecule has 0 aliphatic carbocycles. The van der Waals surface area contributed by atoms with Crippen molar-refractivity contribution >= 4 is 29.9 Å². The van der Waals surface area contributed by atoms with Crippen molar-refractivity contribution < 1.29 is 0 Å². The SMILES string of the molecule is CCNC(=NCC1CCCN(CC)C1)NC(C)CCC(C)C.I. The molecule has 2 N–H and O–H groups in total. The van der Waals surface area contributed by atoms with Gasteiger partial charge in [0.25, 0.3) is 0 Å². The number of piperidine rings is 1. The number of halogens is 1. The maximum atomic E-state index is 4.84. The first kappa shape index (κ1) is 23.0. The molecule has 0 aromatic rings. The second-order valence-electron chi connectivity index (χ2n) is 7.14. The van der Waals surface area contributed by atoms with Gasteiger partial charge in [-0.05, 0) is 64.5 Å².